The van der Waals surface area contributed by atoms with Crippen LogP contribution in [0.15, 0.2) is 59.7 Å². The van der Waals surface area contributed by atoms with Crippen molar-refractivity contribution in [3.63, 3.8) is 0 Å². The molecule has 112 valence electrons. The van der Waals surface area contributed by atoms with Crippen LogP contribution in [0.4, 0.5) is 0 Å². The van der Waals surface area contributed by atoms with Crippen molar-refractivity contribution in [1.29, 1.82) is 0 Å². The largest absolute Gasteiger partial charge is 0.508 e. The Bertz CT molecular complexity index is 693. The Morgan fingerprint density at radius 3 is 2.50 bits per heavy atom. The Morgan fingerprint density at radius 2 is 1.82 bits per heavy atom. The molecule has 2 aromatic carbocycles. The van der Waals surface area contributed by atoms with Crippen LogP contribution in [0, 0.1) is 5.92 Å². The third kappa shape index (κ3) is 3.17. The molecule has 2 N–H and O–H groups in total. The maximum Gasteiger partial charge on any atom is 0.243 e. The van der Waals surface area contributed by atoms with E-state index in [1.165, 1.54) is 5.56 Å². The lowest BCUT2D eigenvalue weighted by Gasteiger charge is -2.03. The first-order chi connectivity index (χ1) is 10.6. The van der Waals surface area contributed by atoms with Gasteiger partial charge in [0.15, 0.2) is 0 Å². The predicted molar refractivity (Wildman–Crippen MR) is 85.8 cm³/mol. The lowest BCUT2D eigenvalue weighted by Crippen LogP contribution is -2.21. The fourth-order valence-electron chi connectivity index (χ4n) is 2.54. The molecule has 0 spiro atoms. The van der Waals surface area contributed by atoms with Crippen molar-refractivity contribution in [2.75, 3.05) is 0 Å². The van der Waals surface area contributed by atoms with Crippen molar-refractivity contribution in [3.8, 4) is 5.75 Å². The van der Waals surface area contributed by atoms with E-state index in [0.717, 1.165) is 12.0 Å². The number of amides is 1. The summed E-state index contributed by atoms with van der Waals surface area (Å²) in [5.74, 6) is 0.500. The molecule has 0 bridgehead atoms. The normalized spacial score (nSPS) is 20.5. The molecule has 0 aliphatic heterocycles. The van der Waals surface area contributed by atoms with Gasteiger partial charge in [-0.2, -0.15) is 5.10 Å². The van der Waals surface area contributed by atoms with Gasteiger partial charge in [0.05, 0.1) is 5.71 Å². The minimum Gasteiger partial charge on any atom is -0.508 e. The summed E-state index contributed by atoms with van der Waals surface area (Å²) in [6.45, 7) is 1.83. The minimum atomic E-state index is -0.0352. The van der Waals surface area contributed by atoms with Crippen LogP contribution in [0.25, 0.3) is 0 Å². The molecule has 1 fully saturated rings. The van der Waals surface area contributed by atoms with E-state index in [0.29, 0.717) is 11.6 Å². The SMILES string of the molecule is C/C(=N/NC(=O)C1CC1c1ccccc1)c1ccc(O)cc1. The fourth-order valence-corrected chi connectivity index (χ4v) is 2.54. The lowest BCUT2D eigenvalue weighted by atomic mass is 10.1. The number of nitrogens with one attached hydrogen (secondary N) is 1. The van der Waals surface area contributed by atoms with Crippen LogP contribution in [-0.2, 0) is 4.79 Å². The third-order valence-corrected chi connectivity index (χ3v) is 3.97. The average Bonchev–Trinajstić information content (AvgIpc) is 3.34. The predicted octanol–water partition coefficient (Wildman–Crippen LogP) is 3.04. The smallest absolute Gasteiger partial charge is 0.243 e. The van der Waals surface area contributed by atoms with Crippen molar-refractivity contribution in [2.24, 2.45) is 11.0 Å². The van der Waals surface area contributed by atoms with E-state index in [2.05, 4.69) is 22.7 Å². The maximum atomic E-state index is 12.1. The highest BCUT2D eigenvalue weighted by molar-refractivity contribution is 5.99. The number of rotatable bonds is 4. The molecule has 4 nitrogen and oxygen atoms in total. The van der Waals surface area contributed by atoms with Crippen LogP contribution in [0.1, 0.15) is 30.4 Å². The van der Waals surface area contributed by atoms with Gasteiger partial charge < -0.3 is 5.11 Å². The molecule has 22 heavy (non-hydrogen) atoms. The summed E-state index contributed by atoms with van der Waals surface area (Å²) in [6.07, 6.45) is 0.879. The second kappa shape index (κ2) is 6.02. The van der Waals surface area contributed by atoms with Crippen molar-refractivity contribution >= 4 is 11.6 Å². The molecule has 2 atom stereocenters. The number of phenolic OH excluding ortho intramolecular Hbond substituents is 1. The zero-order chi connectivity index (χ0) is 15.5. The Balaban J connectivity index is 1.59. The highest BCUT2D eigenvalue weighted by Crippen LogP contribution is 2.47. The van der Waals surface area contributed by atoms with Gasteiger partial charge in [-0.05, 0) is 54.7 Å². The minimum absolute atomic E-state index is 0.0127. The van der Waals surface area contributed by atoms with E-state index in [4.69, 9.17) is 0 Å². The van der Waals surface area contributed by atoms with Crippen LogP contribution in [0.2, 0.25) is 0 Å². The molecular formula is C18H18N2O2. The van der Waals surface area contributed by atoms with Gasteiger partial charge in [-0.25, -0.2) is 5.43 Å². The molecule has 0 radical (unpaired) electrons. The average molecular weight is 294 g/mol. The molecule has 2 unspecified atom stereocenters. The third-order valence-electron chi connectivity index (χ3n) is 3.97. The van der Waals surface area contributed by atoms with Crippen LogP contribution >= 0.6 is 0 Å². The van der Waals surface area contributed by atoms with E-state index in [-0.39, 0.29) is 17.6 Å². The summed E-state index contributed by atoms with van der Waals surface area (Å²) in [4.78, 5) is 12.1. The molecule has 2 aromatic rings. The number of nitrogens with zero attached hydrogens (tertiary/aromatic N) is 1. The van der Waals surface area contributed by atoms with Gasteiger partial charge in [0.1, 0.15) is 5.75 Å². The van der Waals surface area contributed by atoms with Gasteiger partial charge in [-0.15, -0.1) is 0 Å². The maximum absolute atomic E-state index is 12.1. The number of hydrazone groups is 1. The Hall–Kier alpha value is -2.62. The van der Waals surface area contributed by atoms with E-state index in [1.54, 1.807) is 24.3 Å². The van der Waals surface area contributed by atoms with E-state index < -0.39 is 0 Å². The summed E-state index contributed by atoms with van der Waals surface area (Å²) in [6, 6.07) is 16.8. The van der Waals surface area contributed by atoms with Crippen LogP contribution in [0.3, 0.4) is 0 Å². The topological polar surface area (TPSA) is 61.7 Å². The van der Waals surface area contributed by atoms with Crippen LogP contribution in [0.5, 0.6) is 5.75 Å². The number of benzene rings is 2. The molecule has 1 saturated carbocycles. The summed E-state index contributed by atoms with van der Waals surface area (Å²) >= 11 is 0. The molecule has 1 aliphatic rings. The molecule has 1 aliphatic carbocycles. The Kier molecular flexibility index (Phi) is 3.92. The van der Waals surface area contributed by atoms with Gasteiger partial charge in [0, 0.05) is 5.92 Å². The number of aromatic hydroxyl groups is 1. The first-order valence-electron chi connectivity index (χ1n) is 7.33. The van der Waals surface area contributed by atoms with Crippen molar-refractivity contribution in [3.05, 3.63) is 65.7 Å². The van der Waals surface area contributed by atoms with Crippen LogP contribution in [-0.4, -0.2) is 16.7 Å². The molecule has 1 amide bonds. The molecular weight excluding hydrogens is 276 g/mol. The van der Waals surface area contributed by atoms with Crippen molar-refractivity contribution in [2.45, 2.75) is 19.3 Å². The lowest BCUT2D eigenvalue weighted by molar-refractivity contribution is -0.122. The van der Waals surface area contributed by atoms with Gasteiger partial charge >= 0.3 is 0 Å². The number of hydrogen-bond acceptors (Lipinski definition) is 3. The summed E-state index contributed by atoms with van der Waals surface area (Å²) < 4.78 is 0. The monoisotopic (exact) mass is 294 g/mol. The van der Waals surface area contributed by atoms with Gasteiger partial charge in [-0.1, -0.05) is 30.3 Å². The fraction of sp³-hybridized carbons (Fsp3) is 0.222. The van der Waals surface area contributed by atoms with Crippen molar-refractivity contribution < 1.29 is 9.90 Å². The molecule has 0 saturated heterocycles. The highest BCUT2D eigenvalue weighted by atomic mass is 16.3. The molecule has 4 heteroatoms. The van der Waals surface area contributed by atoms with E-state index in [1.807, 2.05) is 25.1 Å². The standard InChI is InChI=1S/C18H18N2O2/c1-12(13-7-9-15(21)10-8-13)19-20-18(22)17-11-16(17)14-5-3-2-4-6-14/h2-10,16-17,21H,11H2,1H3,(H,20,22)/b19-12-. The zero-order valence-corrected chi connectivity index (χ0v) is 12.4. The number of carbonyl (C=O) groups excluding carboxylic acids is 1. The molecule has 0 heterocycles. The molecule has 0 aromatic heterocycles. The van der Waals surface area contributed by atoms with Crippen molar-refractivity contribution in [1.82, 2.24) is 5.43 Å². The van der Waals surface area contributed by atoms with E-state index in [9.17, 15) is 9.90 Å². The quantitative estimate of drug-likeness (QED) is 0.672. The Labute approximate surface area is 129 Å². The summed E-state index contributed by atoms with van der Waals surface area (Å²) in [5.41, 5.74) is 5.44. The Morgan fingerprint density at radius 1 is 1.14 bits per heavy atom. The first-order valence-corrected chi connectivity index (χ1v) is 7.33. The van der Waals surface area contributed by atoms with E-state index >= 15 is 0 Å². The summed E-state index contributed by atoms with van der Waals surface area (Å²) in [5, 5.41) is 13.4. The van der Waals surface area contributed by atoms with Gasteiger partial charge in [0.2, 0.25) is 5.91 Å². The number of hydrogen-bond donors (Lipinski definition) is 2. The van der Waals surface area contributed by atoms with Crippen LogP contribution < -0.4 is 5.43 Å². The molecule has 3 rings (SSSR count). The first kappa shape index (κ1) is 14.3. The summed E-state index contributed by atoms with van der Waals surface area (Å²) in [7, 11) is 0. The van der Waals surface area contributed by atoms with Gasteiger partial charge in [-0.3, -0.25) is 4.79 Å². The number of carbonyl (C=O) groups is 1. The number of phenols is 1. The second-order valence-electron chi connectivity index (χ2n) is 5.58. The van der Waals surface area contributed by atoms with Gasteiger partial charge in [0.25, 0.3) is 0 Å². The highest BCUT2D eigenvalue weighted by Gasteiger charge is 2.43. The second-order valence-corrected chi connectivity index (χ2v) is 5.58. The zero-order valence-electron chi connectivity index (χ0n) is 12.4.